The summed E-state index contributed by atoms with van der Waals surface area (Å²) in [7, 11) is 0. The minimum absolute atomic E-state index is 0.133. The molecule has 1 saturated carbocycles. The minimum atomic E-state index is -0.217. The average molecular weight is 323 g/mol. The van der Waals surface area contributed by atoms with Crippen LogP contribution in [0.4, 0.5) is 5.69 Å². The van der Waals surface area contributed by atoms with Gasteiger partial charge in [0.25, 0.3) is 11.8 Å². The summed E-state index contributed by atoms with van der Waals surface area (Å²) in [5.74, 6) is -0.350. The van der Waals surface area contributed by atoms with Gasteiger partial charge in [-0.25, -0.2) is 0 Å². The highest BCUT2D eigenvalue weighted by Crippen LogP contribution is 2.20. The molecule has 0 unspecified atom stereocenters. The molecule has 1 N–H and O–H groups in total. The van der Waals surface area contributed by atoms with E-state index >= 15 is 0 Å². The molecule has 3 rings (SSSR count). The van der Waals surface area contributed by atoms with E-state index in [0.717, 1.165) is 24.1 Å². The van der Waals surface area contributed by atoms with Gasteiger partial charge in [-0.05, 0) is 56.5 Å². The van der Waals surface area contributed by atoms with E-state index in [1.54, 1.807) is 17.0 Å². The van der Waals surface area contributed by atoms with Gasteiger partial charge in [-0.1, -0.05) is 12.1 Å². The van der Waals surface area contributed by atoms with Crippen LogP contribution < -0.4 is 10.2 Å². The van der Waals surface area contributed by atoms with E-state index in [2.05, 4.69) is 10.3 Å². The summed E-state index contributed by atoms with van der Waals surface area (Å²) in [6.45, 7) is 4.48. The highest BCUT2D eigenvalue weighted by Gasteiger charge is 2.25. The summed E-state index contributed by atoms with van der Waals surface area (Å²) >= 11 is 0. The number of carbonyl (C=O) groups is 2. The standard InChI is InChI=1S/C19H21N3O2/c1-3-22(16-6-4-5-13(2)11-16)19(24)14-9-10-20-17(12-14)18(23)21-15-7-8-15/h4-6,9-12,15H,3,7-8H2,1-2H3,(H,21,23). The molecule has 1 aromatic heterocycles. The van der Waals surface area contributed by atoms with Crippen LogP contribution in [-0.4, -0.2) is 29.4 Å². The molecule has 5 heteroatoms. The fourth-order valence-corrected chi connectivity index (χ4v) is 2.57. The van der Waals surface area contributed by atoms with Crippen molar-refractivity contribution in [2.24, 2.45) is 0 Å². The highest BCUT2D eigenvalue weighted by molar-refractivity contribution is 6.07. The van der Waals surface area contributed by atoms with Crippen molar-refractivity contribution in [2.75, 3.05) is 11.4 Å². The zero-order valence-electron chi connectivity index (χ0n) is 14.0. The Morgan fingerprint density at radius 3 is 2.71 bits per heavy atom. The van der Waals surface area contributed by atoms with Crippen LogP contribution in [0.15, 0.2) is 42.6 Å². The number of hydrogen-bond donors (Lipinski definition) is 1. The van der Waals surface area contributed by atoms with Gasteiger partial charge in [0.05, 0.1) is 0 Å². The molecule has 1 aliphatic carbocycles. The average Bonchev–Trinajstić information content (AvgIpc) is 3.39. The lowest BCUT2D eigenvalue weighted by molar-refractivity contribution is 0.0946. The molecule has 0 atom stereocenters. The molecular formula is C19H21N3O2. The zero-order valence-corrected chi connectivity index (χ0v) is 14.0. The van der Waals surface area contributed by atoms with Crippen molar-refractivity contribution >= 4 is 17.5 Å². The largest absolute Gasteiger partial charge is 0.348 e. The van der Waals surface area contributed by atoms with Crippen LogP contribution in [0.2, 0.25) is 0 Å². The van der Waals surface area contributed by atoms with Crippen LogP contribution in [0.25, 0.3) is 0 Å². The summed E-state index contributed by atoms with van der Waals surface area (Å²) < 4.78 is 0. The normalized spacial score (nSPS) is 13.4. The van der Waals surface area contributed by atoms with Gasteiger partial charge in [0.1, 0.15) is 5.69 Å². The molecule has 1 aromatic carbocycles. The zero-order chi connectivity index (χ0) is 17.1. The highest BCUT2D eigenvalue weighted by atomic mass is 16.2. The first-order valence-corrected chi connectivity index (χ1v) is 8.24. The molecule has 1 fully saturated rings. The van der Waals surface area contributed by atoms with Crippen molar-refractivity contribution in [3.63, 3.8) is 0 Å². The summed E-state index contributed by atoms with van der Waals surface area (Å²) in [5.41, 5.74) is 2.70. The molecule has 0 aliphatic heterocycles. The van der Waals surface area contributed by atoms with Gasteiger partial charge in [-0.3, -0.25) is 14.6 Å². The van der Waals surface area contributed by atoms with E-state index in [0.29, 0.717) is 12.1 Å². The van der Waals surface area contributed by atoms with Crippen molar-refractivity contribution in [3.8, 4) is 0 Å². The number of carbonyl (C=O) groups excluding carboxylic acids is 2. The van der Waals surface area contributed by atoms with Crippen molar-refractivity contribution in [3.05, 3.63) is 59.4 Å². The molecule has 5 nitrogen and oxygen atoms in total. The predicted octanol–water partition coefficient (Wildman–Crippen LogP) is 2.95. The summed E-state index contributed by atoms with van der Waals surface area (Å²) in [6, 6.07) is 11.3. The molecule has 124 valence electrons. The summed E-state index contributed by atoms with van der Waals surface area (Å²) in [6.07, 6.45) is 3.54. The van der Waals surface area contributed by atoms with Gasteiger partial charge >= 0.3 is 0 Å². The lowest BCUT2D eigenvalue weighted by atomic mass is 10.1. The van der Waals surface area contributed by atoms with Crippen LogP contribution in [0.1, 0.15) is 46.2 Å². The van der Waals surface area contributed by atoms with E-state index in [9.17, 15) is 9.59 Å². The second-order valence-electron chi connectivity index (χ2n) is 6.07. The first-order chi connectivity index (χ1) is 11.6. The molecule has 1 heterocycles. The Morgan fingerprint density at radius 2 is 2.04 bits per heavy atom. The summed E-state index contributed by atoms with van der Waals surface area (Å²) in [5, 5.41) is 2.89. The number of aromatic nitrogens is 1. The third-order valence-electron chi connectivity index (χ3n) is 4.03. The summed E-state index contributed by atoms with van der Waals surface area (Å²) in [4.78, 5) is 30.8. The number of benzene rings is 1. The third-order valence-corrected chi connectivity index (χ3v) is 4.03. The number of aryl methyl sites for hydroxylation is 1. The maximum absolute atomic E-state index is 12.9. The van der Waals surface area contributed by atoms with Gasteiger partial charge in [-0.2, -0.15) is 0 Å². The molecule has 0 radical (unpaired) electrons. The van der Waals surface area contributed by atoms with E-state index in [-0.39, 0.29) is 23.6 Å². The Balaban J connectivity index is 1.83. The van der Waals surface area contributed by atoms with Crippen LogP contribution in [-0.2, 0) is 0 Å². The van der Waals surface area contributed by atoms with Gasteiger partial charge in [0, 0.05) is 30.0 Å². The second-order valence-corrected chi connectivity index (χ2v) is 6.07. The monoisotopic (exact) mass is 323 g/mol. The SMILES string of the molecule is CCN(C(=O)c1ccnc(C(=O)NC2CC2)c1)c1cccc(C)c1. The predicted molar refractivity (Wildman–Crippen MR) is 93.3 cm³/mol. The smallest absolute Gasteiger partial charge is 0.270 e. The number of hydrogen-bond acceptors (Lipinski definition) is 3. The topological polar surface area (TPSA) is 62.3 Å². The molecular weight excluding hydrogens is 302 g/mol. The Morgan fingerprint density at radius 1 is 1.25 bits per heavy atom. The van der Waals surface area contributed by atoms with Crippen LogP contribution >= 0.6 is 0 Å². The molecule has 1 aliphatic rings. The third kappa shape index (κ3) is 3.62. The van der Waals surface area contributed by atoms with Crippen molar-refractivity contribution < 1.29 is 9.59 Å². The van der Waals surface area contributed by atoms with Crippen molar-refractivity contribution in [1.29, 1.82) is 0 Å². The van der Waals surface area contributed by atoms with E-state index in [1.165, 1.54) is 6.20 Å². The first-order valence-electron chi connectivity index (χ1n) is 8.24. The van der Waals surface area contributed by atoms with E-state index in [4.69, 9.17) is 0 Å². The Labute approximate surface area is 141 Å². The maximum atomic E-state index is 12.9. The lowest BCUT2D eigenvalue weighted by Crippen LogP contribution is -2.31. The molecule has 2 aromatic rings. The number of pyridine rings is 1. The molecule has 0 saturated heterocycles. The van der Waals surface area contributed by atoms with E-state index < -0.39 is 0 Å². The molecule has 2 amide bonds. The molecule has 24 heavy (non-hydrogen) atoms. The van der Waals surface area contributed by atoms with Crippen LogP contribution in [0.5, 0.6) is 0 Å². The number of amides is 2. The quantitative estimate of drug-likeness (QED) is 0.920. The van der Waals surface area contributed by atoms with E-state index in [1.807, 2.05) is 38.1 Å². The van der Waals surface area contributed by atoms with Gasteiger partial charge in [-0.15, -0.1) is 0 Å². The fraction of sp³-hybridized carbons (Fsp3) is 0.316. The number of nitrogens with zero attached hydrogens (tertiary/aromatic N) is 2. The Kier molecular flexibility index (Phi) is 4.60. The van der Waals surface area contributed by atoms with Crippen molar-refractivity contribution in [2.45, 2.75) is 32.7 Å². The molecule has 0 bridgehead atoms. The van der Waals surface area contributed by atoms with Gasteiger partial charge < -0.3 is 10.2 Å². The Bertz CT molecular complexity index is 769. The number of anilines is 1. The van der Waals surface area contributed by atoms with Crippen LogP contribution in [0, 0.1) is 6.92 Å². The second kappa shape index (κ2) is 6.83. The number of rotatable bonds is 5. The Hall–Kier alpha value is -2.69. The molecule has 0 spiro atoms. The lowest BCUT2D eigenvalue weighted by Gasteiger charge is -2.21. The first kappa shape index (κ1) is 16.2. The fourth-order valence-electron chi connectivity index (χ4n) is 2.57. The minimum Gasteiger partial charge on any atom is -0.348 e. The number of nitrogens with one attached hydrogen (secondary N) is 1. The van der Waals surface area contributed by atoms with Gasteiger partial charge in [0.2, 0.25) is 0 Å². The van der Waals surface area contributed by atoms with Gasteiger partial charge in [0.15, 0.2) is 0 Å². The maximum Gasteiger partial charge on any atom is 0.270 e. The van der Waals surface area contributed by atoms with Crippen molar-refractivity contribution in [1.82, 2.24) is 10.3 Å². The van der Waals surface area contributed by atoms with Crippen LogP contribution in [0.3, 0.4) is 0 Å².